The highest BCUT2D eigenvalue weighted by molar-refractivity contribution is 5.20. The van der Waals surface area contributed by atoms with Crippen molar-refractivity contribution in [2.75, 3.05) is 7.11 Å². The van der Waals surface area contributed by atoms with Crippen LogP contribution in [0.15, 0.2) is 24.3 Å². The lowest BCUT2D eigenvalue weighted by molar-refractivity contribution is -0.0195. The molecule has 15 heavy (non-hydrogen) atoms. The summed E-state index contributed by atoms with van der Waals surface area (Å²) in [6, 6.07) is 6.24. The van der Waals surface area contributed by atoms with Crippen LogP contribution in [-0.2, 0) is 4.74 Å². The Morgan fingerprint density at radius 3 is 2.60 bits per heavy atom. The molecule has 0 aliphatic rings. The van der Waals surface area contributed by atoms with Crippen molar-refractivity contribution in [1.29, 1.82) is 0 Å². The third kappa shape index (κ3) is 3.01. The van der Waals surface area contributed by atoms with Crippen LogP contribution in [0.1, 0.15) is 31.4 Å². The summed E-state index contributed by atoms with van der Waals surface area (Å²) < 4.78 is 18.5. The van der Waals surface area contributed by atoms with Crippen molar-refractivity contribution in [3.05, 3.63) is 35.6 Å². The molecule has 1 rings (SSSR count). The molecular formula is C12H17FO2. The highest BCUT2D eigenvalue weighted by atomic mass is 19.1. The largest absolute Gasteiger partial charge is 0.386 e. The quantitative estimate of drug-likeness (QED) is 0.813. The summed E-state index contributed by atoms with van der Waals surface area (Å²) in [4.78, 5) is 0. The number of hydrogen-bond acceptors (Lipinski definition) is 2. The van der Waals surface area contributed by atoms with Crippen LogP contribution in [0.5, 0.6) is 0 Å². The lowest BCUT2D eigenvalue weighted by atomic mass is 10.0. The first-order valence-electron chi connectivity index (χ1n) is 5.16. The maximum atomic E-state index is 13.4. The van der Waals surface area contributed by atoms with Crippen molar-refractivity contribution >= 4 is 0 Å². The minimum absolute atomic E-state index is 0.304. The average Bonchev–Trinajstić information content (AvgIpc) is 2.25. The predicted molar refractivity (Wildman–Crippen MR) is 57.1 cm³/mol. The lowest BCUT2D eigenvalue weighted by Gasteiger charge is -2.21. The number of benzene rings is 1. The van der Waals surface area contributed by atoms with Crippen molar-refractivity contribution < 1.29 is 14.2 Å². The molecule has 0 fully saturated rings. The van der Waals surface area contributed by atoms with Gasteiger partial charge in [0.2, 0.25) is 0 Å². The van der Waals surface area contributed by atoms with Gasteiger partial charge in [-0.15, -0.1) is 0 Å². The average molecular weight is 212 g/mol. The van der Waals surface area contributed by atoms with Crippen LogP contribution in [-0.4, -0.2) is 18.3 Å². The number of aliphatic hydroxyl groups excluding tert-OH is 1. The van der Waals surface area contributed by atoms with Gasteiger partial charge in [0, 0.05) is 12.7 Å². The van der Waals surface area contributed by atoms with Gasteiger partial charge in [-0.2, -0.15) is 0 Å². The highest BCUT2D eigenvalue weighted by Crippen LogP contribution is 2.24. The minimum atomic E-state index is -0.892. The van der Waals surface area contributed by atoms with Gasteiger partial charge in [-0.25, -0.2) is 4.39 Å². The van der Waals surface area contributed by atoms with E-state index in [0.717, 1.165) is 6.42 Å². The monoisotopic (exact) mass is 212 g/mol. The fraction of sp³-hybridized carbons (Fsp3) is 0.500. The first-order chi connectivity index (χ1) is 7.20. The minimum Gasteiger partial charge on any atom is -0.386 e. The lowest BCUT2D eigenvalue weighted by Crippen LogP contribution is -2.21. The second-order valence-corrected chi connectivity index (χ2v) is 3.53. The molecule has 1 aromatic carbocycles. The van der Waals surface area contributed by atoms with Gasteiger partial charge >= 0.3 is 0 Å². The molecule has 0 aromatic heterocycles. The zero-order valence-electron chi connectivity index (χ0n) is 9.11. The highest BCUT2D eigenvalue weighted by Gasteiger charge is 2.21. The SMILES string of the molecule is CCCC(OC)C(O)c1ccccc1F. The van der Waals surface area contributed by atoms with E-state index in [9.17, 15) is 9.50 Å². The Hall–Kier alpha value is -0.930. The molecule has 3 heteroatoms. The predicted octanol–water partition coefficient (Wildman–Crippen LogP) is 2.67. The summed E-state index contributed by atoms with van der Waals surface area (Å²) in [5, 5.41) is 9.93. The van der Waals surface area contributed by atoms with E-state index in [2.05, 4.69) is 0 Å². The van der Waals surface area contributed by atoms with Crippen molar-refractivity contribution in [2.24, 2.45) is 0 Å². The van der Waals surface area contributed by atoms with E-state index in [1.54, 1.807) is 18.2 Å². The third-order valence-corrected chi connectivity index (χ3v) is 2.45. The number of ether oxygens (including phenoxy) is 1. The van der Waals surface area contributed by atoms with Gasteiger partial charge in [0.05, 0.1) is 6.10 Å². The van der Waals surface area contributed by atoms with Crippen molar-refractivity contribution in [1.82, 2.24) is 0 Å². The van der Waals surface area contributed by atoms with E-state index in [1.807, 2.05) is 6.92 Å². The van der Waals surface area contributed by atoms with E-state index in [0.29, 0.717) is 12.0 Å². The maximum Gasteiger partial charge on any atom is 0.129 e. The van der Waals surface area contributed by atoms with Crippen molar-refractivity contribution in [3.63, 3.8) is 0 Å². The Morgan fingerprint density at radius 1 is 1.40 bits per heavy atom. The van der Waals surface area contributed by atoms with Crippen LogP contribution in [0.2, 0.25) is 0 Å². The van der Waals surface area contributed by atoms with Crippen LogP contribution in [0, 0.1) is 5.82 Å². The normalized spacial score (nSPS) is 14.9. The van der Waals surface area contributed by atoms with Gasteiger partial charge in [0.25, 0.3) is 0 Å². The fourth-order valence-corrected chi connectivity index (χ4v) is 1.60. The van der Waals surface area contributed by atoms with Crippen LogP contribution in [0.3, 0.4) is 0 Å². The molecule has 0 saturated carbocycles. The molecule has 2 nitrogen and oxygen atoms in total. The number of rotatable bonds is 5. The van der Waals surface area contributed by atoms with Gasteiger partial charge in [-0.05, 0) is 12.5 Å². The van der Waals surface area contributed by atoms with Gasteiger partial charge in [0.15, 0.2) is 0 Å². The Morgan fingerprint density at radius 2 is 2.07 bits per heavy atom. The van der Waals surface area contributed by atoms with Gasteiger partial charge in [-0.1, -0.05) is 31.5 Å². The molecule has 0 spiro atoms. The summed E-state index contributed by atoms with van der Waals surface area (Å²) in [7, 11) is 1.53. The molecule has 0 saturated heterocycles. The molecule has 0 heterocycles. The van der Waals surface area contributed by atoms with Gasteiger partial charge in [-0.3, -0.25) is 0 Å². The molecule has 2 atom stereocenters. The van der Waals surface area contributed by atoms with E-state index >= 15 is 0 Å². The van der Waals surface area contributed by atoms with Gasteiger partial charge < -0.3 is 9.84 Å². The zero-order valence-corrected chi connectivity index (χ0v) is 9.11. The number of halogens is 1. The molecule has 1 N–H and O–H groups in total. The van der Waals surface area contributed by atoms with Crippen molar-refractivity contribution in [2.45, 2.75) is 32.0 Å². The first kappa shape index (κ1) is 12.1. The molecule has 2 unspecified atom stereocenters. The summed E-state index contributed by atoms with van der Waals surface area (Å²) in [5.41, 5.74) is 0.304. The van der Waals surface area contributed by atoms with E-state index < -0.39 is 6.10 Å². The molecule has 0 aliphatic heterocycles. The molecule has 0 aliphatic carbocycles. The summed E-state index contributed by atoms with van der Waals surface area (Å²) in [6.45, 7) is 2.00. The summed E-state index contributed by atoms with van der Waals surface area (Å²) >= 11 is 0. The van der Waals surface area contributed by atoms with Crippen LogP contribution in [0.25, 0.3) is 0 Å². The second-order valence-electron chi connectivity index (χ2n) is 3.53. The van der Waals surface area contributed by atoms with E-state index in [-0.39, 0.29) is 11.9 Å². The topological polar surface area (TPSA) is 29.5 Å². The number of aliphatic hydroxyl groups is 1. The Labute approximate surface area is 89.7 Å². The molecule has 1 aromatic rings. The second kappa shape index (κ2) is 5.83. The third-order valence-electron chi connectivity index (χ3n) is 2.45. The smallest absolute Gasteiger partial charge is 0.129 e. The van der Waals surface area contributed by atoms with E-state index in [4.69, 9.17) is 4.74 Å². The maximum absolute atomic E-state index is 13.4. The Kier molecular flexibility index (Phi) is 4.72. The van der Waals surface area contributed by atoms with Crippen LogP contribution < -0.4 is 0 Å². The van der Waals surface area contributed by atoms with Crippen LogP contribution >= 0.6 is 0 Å². The fourth-order valence-electron chi connectivity index (χ4n) is 1.60. The van der Waals surface area contributed by atoms with Crippen molar-refractivity contribution in [3.8, 4) is 0 Å². The summed E-state index contributed by atoms with van der Waals surface area (Å²) in [6.07, 6.45) is 0.374. The van der Waals surface area contributed by atoms with Gasteiger partial charge in [0.1, 0.15) is 11.9 Å². The summed E-state index contributed by atoms with van der Waals surface area (Å²) in [5.74, 6) is -0.386. The molecule has 0 radical (unpaired) electrons. The molecule has 0 bridgehead atoms. The Balaban J connectivity index is 2.82. The molecule has 84 valence electrons. The standard InChI is InChI=1S/C12H17FO2/c1-3-6-11(15-2)12(14)9-7-4-5-8-10(9)13/h4-5,7-8,11-12,14H,3,6H2,1-2H3. The Bertz CT molecular complexity index is 301. The first-order valence-corrected chi connectivity index (χ1v) is 5.16. The van der Waals surface area contributed by atoms with Crippen LogP contribution in [0.4, 0.5) is 4.39 Å². The molecular weight excluding hydrogens is 195 g/mol. The number of hydrogen-bond donors (Lipinski definition) is 1. The zero-order chi connectivity index (χ0) is 11.3. The molecule has 0 amide bonds. The van der Waals surface area contributed by atoms with E-state index in [1.165, 1.54) is 13.2 Å². The number of methoxy groups -OCH3 is 1.